The molecule has 0 aliphatic rings. The quantitative estimate of drug-likeness (QED) is 0.724. The number of aromatic nitrogens is 3. The molecule has 3 rings (SSSR count). The number of H-pyrrole nitrogens is 1. The van der Waals surface area contributed by atoms with E-state index in [0.717, 1.165) is 11.8 Å². The lowest BCUT2D eigenvalue weighted by molar-refractivity contribution is -0.130. The van der Waals surface area contributed by atoms with E-state index < -0.39 is 35.3 Å². The molecule has 0 atom stereocenters. The first kappa shape index (κ1) is 18.4. The number of hydrogen-bond donors (Lipinski definition) is 1. The van der Waals surface area contributed by atoms with Crippen molar-refractivity contribution in [2.24, 2.45) is 0 Å². The van der Waals surface area contributed by atoms with Gasteiger partial charge < -0.3 is 9.88 Å². The Morgan fingerprint density at radius 3 is 2.67 bits per heavy atom. The molecule has 0 bridgehead atoms. The van der Waals surface area contributed by atoms with Gasteiger partial charge in [0.05, 0.1) is 10.9 Å². The molecule has 1 N–H and O–H groups in total. The number of likely N-dealkylation sites (N-methyl/N-ethyl adjacent to an activating group) is 1. The maximum atomic E-state index is 13.4. The zero-order valence-corrected chi connectivity index (χ0v) is 14.4. The summed E-state index contributed by atoms with van der Waals surface area (Å²) >= 11 is 0. The highest BCUT2D eigenvalue weighted by Gasteiger charge is 2.16. The van der Waals surface area contributed by atoms with E-state index in [0.29, 0.717) is 23.6 Å². The van der Waals surface area contributed by atoms with Crippen molar-refractivity contribution in [1.82, 2.24) is 19.4 Å². The van der Waals surface area contributed by atoms with Gasteiger partial charge in [0.15, 0.2) is 11.6 Å². The van der Waals surface area contributed by atoms with Gasteiger partial charge in [0.2, 0.25) is 5.91 Å². The van der Waals surface area contributed by atoms with Crippen LogP contribution in [0.5, 0.6) is 0 Å². The van der Waals surface area contributed by atoms with Gasteiger partial charge >= 0.3 is 5.69 Å². The highest BCUT2D eigenvalue weighted by molar-refractivity contribution is 5.79. The van der Waals surface area contributed by atoms with Gasteiger partial charge in [-0.1, -0.05) is 6.07 Å². The largest absolute Gasteiger partial charge is 0.344 e. The van der Waals surface area contributed by atoms with E-state index in [2.05, 4.69) is 9.97 Å². The zero-order valence-electron chi connectivity index (χ0n) is 14.4. The standard InChI is InChI=1S/C18H16F2N4O3/c1-23(7-5-11-4-2-3-6-21-11)16(25)10-24-17(26)12-8-13(19)14(20)9-15(12)22-18(24)27/h2-4,6,8-9H,5,7,10H2,1H3,(H,22,27). The number of rotatable bonds is 5. The SMILES string of the molecule is CN(CCc1ccccn1)C(=O)Cn1c(=O)[nH]c2cc(F)c(F)cc2c1=O. The number of nitrogens with one attached hydrogen (secondary N) is 1. The molecule has 0 aliphatic heterocycles. The summed E-state index contributed by atoms with van der Waals surface area (Å²) in [6, 6.07) is 6.88. The molecule has 0 saturated carbocycles. The normalized spacial score (nSPS) is 10.9. The van der Waals surface area contributed by atoms with E-state index in [1.165, 1.54) is 4.90 Å². The van der Waals surface area contributed by atoms with Gasteiger partial charge in [0, 0.05) is 38.0 Å². The van der Waals surface area contributed by atoms with Gasteiger partial charge in [-0.05, 0) is 18.2 Å². The molecule has 0 saturated heterocycles. The van der Waals surface area contributed by atoms with Crippen molar-refractivity contribution in [3.05, 3.63) is 74.7 Å². The third-order valence-corrected chi connectivity index (χ3v) is 4.17. The Morgan fingerprint density at radius 1 is 1.22 bits per heavy atom. The average Bonchev–Trinajstić information content (AvgIpc) is 2.65. The summed E-state index contributed by atoms with van der Waals surface area (Å²) in [7, 11) is 1.54. The number of halogens is 2. The molecule has 0 spiro atoms. The van der Waals surface area contributed by atoms with Crippen LogP contribution in [-0.4, -0.2) is 38.9 Å². The van der Waals surface area contributed by atoms with Gasteiger partial charge in [-0.25, -0.2) is 13.6 Å². The number of carbonyl (C=O) groups is 1. The van der Waals surface area contributed by atoms with Gasteiger partial charge in [0.25, 0.3) is 5.56 Å². The Hall–Kier alpha value is -3.36. The number of nitrogens with zero attached hydrogens (tertiary/aromatic N) is 3. The Kier molecular flexibility index (Phi) is 5.11. The molecule has 0 fully saturated rings. The highest BCUT2D eigenvalue weighted by atomic mass is 19.2. The van der Waals surface area contributed by atoms with Crippen LogP contribution in [0.4, 0.5) is 8.78 Å². The fourth-order valence-corrected chi connectivity index (χ4v) is 2.60. The third kappa shape index (κ3) is 3.91. The molecule has 0 radical (unpaired) electrons. The summed E-state index contributed by atoms with van der Waals surface area (Å²) in [5.74, 6) is -2.86. The van der Waals surface area contributed by atoms with Crippen LogP contribution in [0.25, 0.3) is 10.9 Å². The van der Waals surface area contributed by atoms with Crippen LogP contribution in [0.3, 0.4) is 0 Å². The van der Waals surface area contributed by atoms with Crippen molar-refractivity contribution in [3.8, 4) is 0 Å². The molecule has 2 heterocycles. The van der Waals surface area contributed by atoms with Crippen molar-refractivity contribution in [2.75, 3.05) is 13.6 Å². The summed E-state index contributed by atoms with van der Waals surface area (Å²) in [5, 5.41) is -0.211. The fraction of sp³-hybridized carbons (Fsp3) is 0.222. The molecular formula is C18H16F2N4O3. The minimum absolute atomic E-state index is 0.129. The smallest absolute Gasteiger partial charge is 0.329 e. The number of aromatic amines is 1. The fourth-order valence-electron chi connectivity index (χ4n) is 2.60. The van der Waals surface area contributed by atoms with E-state index in [-0.39, 0.29) is 10.9 Å². The lowest BCUT2D eigenvalue weighted by Crippen LogP contribution is -2.41. The van der Waals surface area contributed by atoms with Crippen molar-refractivity contribution >= 4 is 16.8 Å². The lowest BCUT2D eigenvalue weighted by Gasteiger charge is -2.17. The average molecular weight is 374 g/mol. The van der Waals surface area contributed by atoms with Crippen LogP contribution < -0.4 is 11.2 Å². The van der Waals surface area contributed by atoms with E-state index in [1.54, 1.807) is 19.3 Å². The molecule has 7 nitrogen and oxygen atoms in total. The molecule has 2 aromatic heterocycles. The number of amides is 1. The molecular weight excluding hydrogens is 358 g/mol. The molecule has 27 heavy (non-hydrogen) atoms. The molecule has 9 heteroatoms. The topological polar surface area (TPSA) is 88.1 Å². The van der Waals surface area contributed by atoms with Crippen LogP contribution in [0.2, 0.25) is 0 Å². The van der Waals surface area contributed by atoms with Crippen LogP contribution >= 0.6 is 0 Å². The summed E-state index contributed by atoms with van der Waals surface area (Å²) in [6.45, 7) is -0.169. The predicted molar refractivity (Wildman–Crippen MR) is 94.3 cm³/mol. The Bertz CT molecular complexity index is 1110. The van der Waals surface area contributed by atoms with Gasteiger partial charge in [-0.3, -0.25) is 19.1 Å². The maximum absolute atomic E-state index is 13.4. The highest BCUT2D eigenvalue weighted by Crippen LogP contribution is 2.12. The van der Waals surface area contributed by atoms with Crippen LogP contribution in [0.15, 0.2) is 46.1 Å². The minimum Gasteiger partial charge on any atom is -0.344 e. The van der Waals surface area contributed by atoms with Crippen molar-refractivity contribution in [3.63, 3.8) is 0 Å². The predicted octanol–water partition coefficient (Wildman–Crippen LogP) is 1.06. The van der Waals surface area contributed by atoms with Gasteiger partial charge in [0.1, 0.15) is 6.54 Å². The van der Waals surface area contributed by atoms with Crippen LogP contribution in [-0.2, 0) is 17.8 Å². The van der Waals surface area contributed by atoms with Gasteiger partial charge in [-0.15, -0.1) is 0 Å². The van der Waals surface area contributed by atoms with Crippen LogP contribution in [0.1, 0.15) is 5.69 Å². The summed E-state index contributed by atoms with van der Waals surface area (Å²) < 4.78 is 27.4. The number of fused-ring (bicyclic) bond motifs is 1. The Morgan fingerprint density at radius 2 is 1.96 bits per heavy atom. The number of pyridine rings is 1. The first-order chi connectivity index (χ1) is 12.9. The first-order valence-electron chi connectivity index (χ1n) is 8.12. The van der Waals surface area contributed by atoms with Crippen molar-refractivity contribution in [1.29, 1.82) is 0 Å². The lowest BCUT2D eigenvalue weighted by atomic mass is 10.2. The van der Waals surface area contributed by atoms with Crippen molar-refractivity contribution < 1.29 is 13.6 Å². The monoisotopic (exact) mass is 374 g/mol. The van der Waals surface area contributed by atoms with Gasteiger partial charge in [-0.2, -0.15) is 0 Å². The minimum atomic E-state index is -1.21. The van der Waals surface area contributed by atoms with E-state index in [1.807, 2.05) is 12.1 Å². The Balaban J connectivity index is 1.81. The first-order valence-corrected chi connectivity index (χ1v) is 8.12. The third-order valence-electron chi connectivity index (χ3n) is 4.17. The van der Waals surface area contributed by atoms with E-state index in [4.69, 9.17) is 0 Å². The summed E-state index contributed by atoms with van der Waals surface area (Å²) in [5.41, 5.74) is -1.06. The summed E-state index contributed by atoms with van der Waals surface area (Å²) in [6.07, 6.45) is 2.16. The maximum Gasteiger partial charge on any atom is 0.329 e. The molecule has 140 valence electrons. The number of benzene rings is 1. The molecule has 3 aromatic rings. The molecule has 0 unspecified atom stereocenters. The number of hydrogen-bond acceptors (Lipinski definition) is 4. The molecule has 1 amide bonds. The second-order valence-corrected chi connectivity index (χ2v) is 6.02. The van der Waals surface area contributed by atoms with Crippen LogP contribution in [0, 0.1) is 11.6 Å². The van der Waals surface area contributed by atoms with E-state index >= 15 is 0 Å². The molecule has 0 aliphatic carbocycles. The second-order valence-electron chi connectivity index (χ2n) is 6.02. The van der Waals surface area contributed by atoms with E-state index in [9.17, 15) is 23.2 Å². The number of carbonyl (C=O) groups excluding carboxylic acids is 1. The zero-order chi connectivity index (χ0) is 19.6. The summed E-state index contributed by atoms with van der Waals surface area (Å²) in [4.78, 5) is 44.7. The Labute approximate surface area is 151 Å². The second kappa shape index (κ2) is 7.48. The van der Waals surface area contributed by atoms with Crippen molar-refractivity contribution in [2.45, 2.75) is 13.0 Å². The molecule has 1 aromatic carbocycles.